The Labute approximate surface area is 60.6 Å². The fourth-order valence-electron chi connectivity index (χ4n) is 0.668. The summed E-state index contributed by atoms with van der Waals surface area (Å²) in [6, 6.07) is 0. The molecule has 1 rings (SSSR count). The van der Waals surface area contributed by atoms with E-state index in [1.807, 2.05) is 13.8 Å². The van der Waals surface area contributed by atoms with E-state index in [9.17, 15) is 0 Å². The number of hydrogen-bond acceptors (Lipinski definition) is 2. The van der Waals surface area contributed by atoms with E-state index in [0.29, 0.717) is 5.89 Å². The van der Waals surface area contributed by atoms with Crippen molar-refractivity contribution < 1.29 is 4.42 Å². The number of nitrogens with zero attached hydrogens (tertiary/aromatic N) is 1. The molecule has 0 atom stereocenters. The Balaban J connectivity index is 2.88. The summed E-state index contributed by atoms with van der Waals surface area (Å²) < 4.78 is 5.28. The third kappa shape index (κ3) is 1.26. The van der Waals surface area contributed by atoms with Crippen molar-refractivity contribution in [1.82, 2.24) is 4.98 Å². The lowest BCUT2D eigenvalue weighted by Crippen LogP contribution is -1.73. The van der Waals surface area contributed by atoms with Crippen LogP contribution in [0.3, 0.4) is 0 Å². The van der Waals surface area contributed by atoms with Gasteiger partial charge in [0.05, 0.1) is 6.20 Å². The maximum atomic E-state index is 5.28. The van der Waals surface area contributed by atoms with Crippen LogP contribution in [-0.4, -0.2) is 4.98 Å². The van der Waals surface area contributed by atoms with Gasteiger partial charge in [-0.05, 0) is 6.92 Å². The van der Waals surface area contributed by atoms with Crippen LogP contribution in [-0.2, 0) is 6.42 Å². The molecule has 10 heavy (non-hydrogen) atoms. The highest BCUT2D eigenvalue weighted by molar-refractivity contribution is 5.52. The fourth-order valence-corrected chi connectivity index (χ4v) is 0.668. The van der Waals surface area contributed by atoms with Crippen molar-refractivity contribution >= 4 is 5.57 Å². The van der Waals surface area contributed by atoms with E-state index in [4.69, 9.17) is 4.42 Å². The van der Waals surface area contributed by atoms with E-state index in [2.05, 4.69) is 11.6 Å². The van der Waals surface area contributed by atoms with Crippen molar-refractivity contribution in [2.75, 3.05) is 0 Å². The lowest BCUT2D eigenvalue weighted by Gasteiger charge is -1.88. The maximum Gasteiger partial charge on any atom is 0.221 e. The third-order valence-electron chi connectivity index (χ3n) is 1.27. The molecule has 0 aliphatic carbocycles. The van der Waals surface area contributed by atoms with Crippen molar-refractivity contribution in [3.05, 3.63) is 24.4 Å². The number of aryl methyl sites for hydroxylation is 1. The Bertz CT molecular complexity index is 237. The molecule has 0 saturated carbocycles. The van der Waals surface area contributed by atoms with Crippen LogP contribution in [0, 0.1) is 0 Å². The van der Waals surface area contributed by atoms with Crippen molar-refractivity contribution in [3.63, 3.8) is 0 Å². The zero-order valence-corrected chi connectivity index (χ0v) is 6.35. The van der Waals surface area contributed by atoms with Crippen LogP contribution in [0.2, 0.25) is 0 Å². The molecule has 2 nitrogen and oxygen atoms in total. The molecule has 0 fully saturated rings. The number of oxazole rings is 1. The molecule has 54 valence electrons. The number of allylic oxidation sites excluding steroid dienone is 1. The highest BCUT2D eigenvalue weighted by Gasteiger charge is 2.00. The predicted molar refractivity (Wildman–Crippen MR) is 40.6 cm³/mol. The van der Waals surface area contributed by atoms with Crippen LogP contribution in [0.25, 0.3) is 5.57 Å². The van der Waals surface area contributed by atoms with Gasteiger partial charge in [0.1, 0.15) is 5.76 Å². The highest BCUT2D eigenvalue weighted by Crippen LogP contribution is 2.11. The minimum Gasteiger partial charge on any atom is -0.442 e. The predicted octanol–water partition coefficient (Wildman–Crippen LogP) is 2.27. The molecule has 1 aromatic heterocycles. The molecule has 1 heterocycles. The first kappa shape index (κ1) is 7.06. The number of aromatic nitrogens is 1. The van der Waals surface area contributed by atoms with E-state index < -0.39 is 0 Å². The van der Waals surface area contributed by atoms with E-state index in [1.165, 1.54) is 0 Å². The molecule has 0 unspecified atom stereocenters. The summed E-state index contributed by atoms with van der Waals surface area (Å²) >= 11 is 0. The normalized spacial score (nSPS) is 9.80. The van der Waals surface area contributed by atoms with Gasteiger partial charge in [-0.2, -0.15) is 0 Å². The lowest BCUT2D eigenvalue weighted by molar-refractivity contribution is 0.497. The quantitative estimate of drug-likeness (QED) is 0.625. The average molecular weight is 137 g/mol. The van der Waals surface area contributed by atoms with E-state index in [-0.39, 0.29) is 0 Å². The largest absolute Gasteiger partial charge is 0.442 e. The molecule has 1 aromatic rings. The van der Waals surface area contributed by atoms with Crippen LogP contribution in [0.5, 0.6) is 0 Å². The molecule has 0 amide bonds. The van der Waals surface area contributed by atoms with E-state index >= 15 is 0 Å². The Hall–Kier alpha value is -1.05. The Morgan fingerprint density at radius 1 is 1.80 bits per heavy atom. The summed E-state index contributed by atoms with van der Waals surface area (Å²) in [4.78, 5) is 4.02. The number of hydrogen-bond donors (Lipinski definition) is 0. The molecule has 2 heteroatoms. The summed E-state index contributed by atoms with van der Waals surface area (Å²) in [5.41, 5.74) is 0.875. The molecular weight excluding hydrogens is 126 g/mol. The molecule has 0 N–H and O–H groups in total. The fraction of sp³-hybridized carbons (Fsp3) is 0.375. The topological polar surface area (TPSA) is 26.0 Å². The molecular formula is C8H11NO. The number of rotatable bonds is 2. The van der Waals surface area contributed by atoms with Gasteiger partial charge in [0, 0.05) is 12.0 Å². The van der Waals surface area contributed by atoms with Crippen molar-refractivity contribution in [2.24, 2.45) is 0 Å². The van der Waals surface area contributed by atoms with Gasteiger partial charge < -0.3 is 4.42 Å². The van der Waals surface area contributed by atoms with Crippen LogP contribution in [0.4, 0.5) is 0 Å². The van der Waals surface area contributed by atoms with Crippen molar-refractivity contribution in [3.8, 4) is 0 Å². The molecule has 0 saturated heterocycles. The highest BCUT2D eigenvalue weighted by atomic mass is 16.4. The molecule has 0 aromatic carbocycles. The molecule has 0 aliphatic rings. The third-order valence-corrected chi connectivity index (χ3v) is 1.27. The molecule has 0 aliphatic heterocycles. The zero-order valence-electron chi connectivity index (χ0n) is 6.35. The van der Waals surface area contributed by atoms with Gasteiger partial charge in [0.25, 0.3) is 0 Å². The Morgan fingerprint density at radius 3 is 2.80 bits per heavy atom. The smallest absolute Gasteiger partial charge is 0.221 e. The minimum atomic E-state index is 0.650. The Kier molecular flexibility index (Phi) is 1.90. The molecule has 0 radical (unpaired) electrons. The summed E-state index contributed by atoms with van der Waals surface area (Å²) in [6.07, 6.45) is 2.63. The van der Waals surface area contributed by atoms with Gasteiger partial charge in [-0.1, -0.05) is 13.5 Å². The summed E-state index contributed by atoms with van der Waals surface area (Å²) in [6.45, 7) is 7.63. The van der Waals surface area contributed by atoms with Gasteiger partial charge in [0.2, 0.25) is 5.89 Å². The second-order valence-corrected chi connectivity index (χ2v) is 2.27. The molecule has 0 spiro atoms. The zero-order chi connectivity index (χ0) is 7.56. The van der Waals surface area contributed by atoms with Gasteiger partial charge in [0.15, 0.2) is 0 Å². The van der Waals surface area contributed by atoms with Gasteiger partial charge >= 0.3 is 0 Å². The van der Waals surface area contributed by atoms with Gasteiger partial charge in [-0.15, -0.1) is 0 Å². The van der Waals surface area contributed by atoms with Crippen molar-refractivity contribution in [1.29, 1.82) is 0 Å². The molecule has 0 bridgehead atoms. The standard InChI is InChI=1S/C8H11NO/c1-4-7-5-9-8(10-7)6(2)3/h5H,2,4H2,1,3H3. The maximum absolute atomic E-state index is 5.28. The second kappa shape index (κ2) is 2.69. The van der Waals surface area contributed by atoms with E-state index in [1.54, 1.807) is 6.20 Å². The van der Waals surface area contributed by atoms with Crippen LogP contribution < -0.4 is 0 Å². The summed E-state index contributed by atoms with van der Waals surface area (Å²) in [5, 5.41) is 0. The van der Waals surface area contributed by atoms with Crippen LogP contribution in [0.1, 0.15) is 25.5 Å². The minimum absolute atomic E-state index is 0.650. The summed E-state index contributed by atoms with van der Waals surface area (Å²) in [7, 11) is 0. The Morgan fingerprint density at radius 2 is 2.50 bits per heavy atom. The average Bonchev–Trinajstić information content (AvgIpc) is 2.34. The van der Waals surface area contributed by atoms with Crippen LogP contribution in [0.15, 0.2) is 17.2 Å². The van der Waals surface area contributed by atoms with Crippen LogP contribution >= 0.6 is 0 Å². The first-order chi connectivity index (χ1) is 4.74. The lowest BCUT2D eigenvalue weighted by atomic mass is 10.4. The van der Waals surface area contributed by atoms with Gasteiger partial charge in [-0.3, -0.25) is 0 Å². The first-order valence-corrected chi connectivity index (χ1v) is 3.34. The first-order valence-electron chi connectivity index (χ1n) is 3.34. The van der Waals surface area contributed by atoms with Gasteiger partial charge in [-0.25, -0.2) is 4.98 Å². The SMILES string of the molecule is C=C(C)c1ncc(CC)o1. The van der Waals surface area contributed by atoms with E-state index in [0.717, 1.165) is 17.8 Å². The summed E-state index contributed by atoms with van der Waals surface area (Å²) in [5.74, 6) is 1.56. The van der Waals surface area contributed by atoms with Crippen molar-refractivity contribution in [2.45, 2.75) is 20.3 Å². The second-order valence-electron chi connectivity index (χ2n) is 2.27. The monoisotopic (exact) mass is 137 g/mol.